The molecule has 4 rings (SSSR count). The Morgan fingerprint density at radius 3 is 2.00 bits per heavy atom. The SMILES string of the molecule is OCC(C1CCCCCC1)C1(c2ccc(Cl)cc2)Nc2cc(F)c(F)cc2N1. The van der Waals surface area contributed by atoms with Gasteiger partial charge in [-0.05, 0) is 36.5 Å². The van der Waals surface area contributed by atoms with Gasteiger partial charge < -0.3 is 15.7 Å². The van der Waals surface area contributed by atoms with E-state index in [1.165, 1.54) is 25.0 Å². The summed E-state index contributed by atoms with van der Waals surface area (Å²) >= 11 is 6.09. The Hall–Kier alpha value is -1.85. The van der Waals surface area contributed by atoms with Crippen molar-refractivity contribution >= 4 is 23.0 Å². The molecule has 0 amide bonds. The van der Waals surface area contributed by atoms with Crippen molar-refractivity contribution in [1.82, 2.24) is 0 Å². The molecular weight excluding hydrogens is 382 g/mol. The molecule has 2 aromatic carbocycles. The van der Waals surface area contributed by atoms with Gasteiger partial charge in [0.2, 0.25) is 0 Å². The summed E-state index contributed by atoms with van der Waals surface area (Å²) in [7, 11) is 0. The van der Waals surface area contributed by atoms with E-state index in [-0.39, 0.29) is 12.5 Å². The molecule has 0 saturated heterocycles. The number of halogens is 3. The van der Waals surface area contributed by atoms with Crippen LogP contribution in [-0.4, -0.2) is 11.7 Å². The summed E-state index contributed by atoms with van der Waals surface area (Å²) in [5.74, 6) is -1.65. The van der Waals surface area contributed by atoms with Gasteiger partial charge in [-0.25, -0.2) is 8.78 Å². The van der Waals surface area contributed by atoms with Gasteiger partial charge in [0.15, 0.2) is 11.6 Å². The van der Waals surface area contributed by atoms with Gasteiger partial charge in [-0.3, -0.25) is 0 Å². The summed E-state index contributed by atoms with van der Waals surface area (Å²) in [4.78, 5) is 0. The van der Waals surface area contributed by atoms with Crippen LogP contribution in [0.5, 0.6) is 0 Å². The fourth-order valence-corrected chi connectivity index (χ4v) is 4.95. The average Bonchev–Trinajstić information content (AvgIpc) is 2.86. The second kappa shape index (κ2) is 7.88. The van der Waals surface area contributed by atoms with Crippen molar-refractivity contribution in [3.05, 3.63) is 58.6 Å². The fraction of sp³-hybridized carbons (Fsp3) is 0.455. The van der Waals surface area contributed by atoms with Crippen molar-refractivity contribution in [3.8, 4) is 0 Å². The maximum Gasteiger partial charge on any atom is 0.161 e. The second-order valence-electron chi connectivity index (χ2n) is 7.92. The highest BCUT2D eigenvalue weighted by Gasteiger charge is 2.48. The molecule has 1 aliphatic carbocycles. The van der Waals surface area contributed by atoms with Crippen LogP contribution >= 0.6 is 11.6 Å². The molecule has 1 atom stereocenters. The minimum absolute atomic E-state index is 0.0355. The quantitative estimate of drug-likeness (QED) is 0.555. The number of fused-ring (bicyclic) bond motifs is 1. The van der Waals surface area contributed by atoms with Gasteiger partial charge in [-0.1, -0.05) is 49.4 Å². The molecule has 1 unspecified atom stereocenters. The Balaban J connectivity index is 1.79. The lowest BCUT2D eigenvalue weighted by molar-refractivity contribution is 0.113. The van der Waals surface area contributed by atoms with Gasteiger partial charge in [-0.2, -0.15) is 0 Å². The molecule has 28 heavy (non-hydrogen) atoms. The second-order valence-corrected chi connectivity index (χ2v) is 8.35. The van der Waals surface area contributed by atoms with Gasteiger partial charge >= 0.3 is 0 Å². The number of aliphatic hydroxyl groups is 1. The van der Waals surface area contributed by atoms with Crippen LogP contribution in [0.4, 0.5) is 20.2 Å². The summed E-state index contributed by atoms with van der Waals surface area (Å²) < 4.78 is 27.7. The molecule has 3 nitrogen and oxygen atoms in total. The molecular formula is C22H25ClF2N2O. The maximum atomic E-state index is 13.9. The molecule has 6 heteroatoms. The van der Waals surface area contributed by atoms with E-state index in [2.05, 4.69) is 10.6 Å². The first-order valence-corrected chi connectivity index (χ1v) is 10.3. The zero-order chi connectivity index (χ0) is 19.7. The molecule has 1 saturated carbocycles. The highest BCUT2D eigenvalue weighted by atomic mass is 35.5. The van der Waals surface area contributed by atoms with Crippen LogP contribution < -0.4 is 10.6 Å². The number of anilines is 2. The number of hydrogen-bond donors (Lipinski definition) is 3. The van der Waals surface area contributed by atoms with E-state index in [1.54, 1.807) is 12.1 Å². The third kappa shape index (κ3) is 3.46. The fourth-order valence-electron chi connectivity index (χ4n) is 4.82. The van der Waals surface area contributed by atoms with Crippen LogP contribution in [0.15, 0.2) is 36.4 Å². The number of aliphatic hydroxyl groups excluding tert-OH is 1. The number of rotatable bonds is 4. The minimum atomic E-state index is -0.894. The largest absolute Gasteiger partial charge is 0.396 e. The van der Waals surface area contributed by atoms with E-state index >= 15 is 0 Å². The first-order valence-electron chi connectivity index (χ1n) is 9.96. The van der Waals surface area contributed by atoms with Crippen molar-refractivity contribution in [2.75, 3.05) is 17.2 Å². The van der Waals surface area contributed by atoms with Gasteiger partial charge in [0, 0.05) is 23.1 Å². The van der Waals surface area contributed by atoms with Crippen LogP contribution in [0.2, 0.25) is 5.02 Å². The molecule has 2 aliphatic rings. The minimum Gasteiger partial charge on any atom is -0.396 e. The third-order valence-electron chi connectivity index (χ3n) is 6.25. The Morgan fingerprint density at radius 1 is 0.964 bits per heavy atom. The predicted octanol–water partition coefficient (Wildman–Crippen LogP) is 5.89. The van der Waals surface area contributed by atoms with E-state index in [0.717, 1.165) is 31.2 Å². The Kier molecular flexibility index (Phi) is 5.48. The molecule has 1 aliphatic heterocycles. The third-order valence-corrected chi connectivity index (χ3v) is 6.50. The Morgan fingerprint density at radius 2 is 1.50 bits per heavy atom. The summed E-state index contributed by atoms with van der Waals surface area (Å²) in [6.07, 6.45) is 6.74. The lowest BCUT2D eigenvalue weighted by atomic mass is 9.75. The maximum absolute atomic E-state index is 13.9. The number of nitrogens with one attached hydrogen (secondary N) is 2. The standard InChI is InChI=1S/C22H25ClF2N2O/c23-16-9-7-15(8-10-16)22(17(13-28)14-5-3-1-2-4-6-14)26-20-11-18(24)19(25)12-21(20)27-22/h7-12,14,17,26-28H,1-6,13H2. The zero-order valence-corrected chi connectivity index (χ0v) is 16.4. The van der Waals surface area contributed by atoms with E-state index in [0.29, 0.717) is 22.3 Å². The van der Waals surface area contributed by atoms with E-state index < -0.39 is 17.3 Å². The number of benzene rings is 2. The van der Waals surface area contributed by atoms with E-state index in [1.807, 2.05) is 12.1 Å². The molecule has 0 spiro atoms. The normalized spacial score (nSPS) is 20.0. The average molecular weight is 407 g/mol. The first-order chi connectivity index (χ1) is 13.5. The molecule has 2 aromatic rings. The van der Waals surface area contributed by atoms with Crippen molar-refractivity contribution in [1.29, 1.82) is 0 Å². The molecule has 0 aromatic heterocycles. The summed E-state index contributed by atoms with van der Waals surface area (Å²) in [6.45, 7) is -0.0355. The summed E-state index contributed by atoms with van der Waals surface area (Å²) in [5, 5.41) is 17.9. The van der Waals surface area contributed by atoms with Gasteiger partial charge in [0.25, 0.3) is 0 Å². The molecule has 1 fully saturated rings. The molecule has 3 N–H and O–H groups in total. The summed E-state index contributed by atoms with van der Waals surface area (Å²) in [6, 6.07) is 9.76. The van der Waals surface area contributed by atoms with Crippen molar-refractivity contribution in [3.63, 3.8) is 0 Å². The highest BCUT2D eigenvalue weighted by Crippen LogP contribution is 2.48. The van der Waals surface area contributed by atoms with Crippen molar-refractivity contribution in [2.24, 2.45) is 11.8 Å². The Bertz CT molecular complexity index is 804. The van der Waals surface area contributed by atoms with Crippen molar-refractivity contribution in [2.45, 2.75) is 44.2 Å². The topological polar surface area (TPSA) is 44.3 Å². The van der Waals surface area contributed by atoms with Crippen LogP contribution in [0.3, 0.4) is 0 Å². The first kappa shape index (κ1) is 19.5. The lowest BCUT2D eigenvalue weighted by Gasteiger charge is -2.42. The molecule has 1 heterocycles. The van der Waals surface area contributed by atoms with E-state index in [4.69, 9.17) is 11.6 Å². The van der Waals surface area contributed by atoms with E-state index in [9.17, 15) is 13.9 Å². The van der Waals surface area contributed by atoms with Gasteiger partial charge in [0.1, 0.15) is 5.66 Å². The predicted molar refractivity (Wildman–Crippen MR) is 109 cm³/mol. The van der Waals surface area contributed by atoms with Crippen LogP contribution in [-0.2, 0) is 5.66 Å². The van der Waals surface area contributed by atoms with Gasteiger partial charge in [0.05, 0.1) is 18.0 Å². The highest BCUT2D eigenvalue weighted by molar-refractivity contribution is 6.30. The van der Waals surface area contributed by atoms with Crippen molar-refractivity contribution < 1.29 is 13.9 Å². The van der Waals surface area contributed by atoms with Crippen LogP contribution in [0.1, 0.15) is 44.1 Å². The Labute approximate surface area is 169 Å². The van der Waals surface area contributed by atoms with Gasteiger partial charge in [-0.15, -0.1) is 0 Å². The number of hydrogen-bond acceptors (Lipinski definition) is 3. The van der Waals surface area contributed by atoms with Crippen LogP contribution in [0, 0.1) is 23.5 Å². The monoisotopic (exact) mass is 406 g/mol. The zero-order valence-electron chi connectivity index (χ0n) is 15.6. The summed E-state index contributed by atoms with van der Waals surface area (Å²) in [5.41, 5.74) is 1.04. The lowest BCUT2D eigenvalue weighted by Crippen LogP contribution is -2.50. The molecule has 0 bridgehead atoms. The smallest absolute Gasteiger partial charge is 0.161 e. The molecule has 150 valence electrons. The molecule has 0 radical (unpaired) electrons. The van der Waals surface area contributed by atoms with Crippen LogP contribution in [0.25, 0.3) is 0 Å².